The molecule has 0 bridgehead atoms. The Kier molecular flexibility index (Phi) is 9.22. The van der Waals surface area contributed by atoms with Gasteiger partial charge in [0.1, 0.15) is 5.75 Å². The Hall–Kier alpha value is -2.87. The average Bonchev–Trinajstić information content (AvgIpc) is 2.93. The number of hydrogen-bond acceptors (Lipinski definition) is 6. The first-order valence-electron chi connectivity index (χ1n) is 13.7. The van der Waals surface area contributed by atoms with Crippen LogP contribution < -0.4 is 15.0 Å². The van der Waals surface area contributed by atoms with E-state index in [9.17, 15) is 4.79 Å². The fourth-order valence-electron chi connectivity index (χ4n) is 5.35. The Morgan fingerprint density at radius 3 is 2.23 bits per heavy atom. The molecule has 0 unspecified atom stereocenters. The lowest BCUT2D eigenvalue weighted by molar-refractivity contribution is -0.119. The van der Waals surface area contributed by atoms with Crippen LogP contribution in [0.1, 0.15) is 44.6 Å². The molecule has 2 aliphatic rings. The van der Waals surface area contributed by atoms with Crippen LogP contribution in [-0.4, -0.2) is 53.5 Å². The van der Waals surface area contributed by atoms with E-state index >= 15 is 0 Å². The molecule has 1 N–H and O–H groups in total. The van der Waals surface area contributed by atoms with Crippen LogP contribution in [0.15, 0.2) is 48.8 Å². The summed E-state index contributed by atoms with van der Waals surface area (Å²) in [5.74, 6) is 2.63. The second kappa shape index (κ2) is 13.0. The topological polar surface area (TPSA) is 70.6 Å². The predicted molar refractivity (Wildman–Crippen MR) is 157 cm³/mol. The molecule has 5 rings (SSSR count). The standard InChI is InChI=1S/C30H35Cl2N5O2/c1-21(38)33-17-22-5-9-36(10-6-22)20-23-11-24(25-13-26(31)16-27(32)14-25)15-28(12-23)39-29-18-34-30(35-19-29)37-7-3-2-4-8-37/h11-16,18-19,22H,2-10,17,20H2,1H3,(H,33,38). The quantitative estimate of drug-likeness (QED) is 0.331. The van der Waals surface area contributed by atoms with Gasteiger partial charge in [-0.1, -0.05) is 23.2 Å². The maximum atomic E-state index is 11.3. The van der Waals surface area contributed by atoms with Crippen LogP contribution in [0.25, 0.3) is 11.1 Å². The van der Waals surface area contributed by atoms with E-state index in [0.717, 1.165) is 74.7 Å². The molecule has 2 aromatic carbocycles. The molecule has 0 radical (unpaired) electrons. The minimum Gasteiger partial charge on any atom is -0.454 e. The molecule has 0 spiro atoms. The van der Waals surface area contributed by atoms with E-state index in [2.05, 4.69) is 37.2 Å². The highest BCUT2D eigenvalue weighted by Crippen LogP contribution is 2.33. The first-order chi connectivity index (χ1) is 18.9. The minimum absolute atomic E-state index is 0.0365. The molecule has 0 saturated carbocycles. The number of amides is 1. The molecule has 0 atom stereocenters. The van der Waals surface area contributed by atoms with Gasteiger partial charge >= 0.3 is 0 Å². The maximum absolute atomic E-state index is 11.3. The van der Waals surface area contributed by atoms with E-state index in [1.165, 1.54) is 19.3 Å². The summed E-state index contributed by atoms with van der Waals surface area (Å²) in [5, 5.41) is 4.14. The maximum Gasteiger partial charge on any atom is 0.225 e. The van der Waals surface area contributed by atoms with Gasteiger partial charge in [-0.3, -0.25) is 9.69 Å². The summed E-state index contributed by atoms with van der Waals surface area (Å²) in [7, 11) is 0. The van der Waals surface area contributed by atoms with Gasteiger partial charge in [-0.2, -0.15) is 0 Å². The first kappa shape index (κ1) is 27.7. The van der Waals surface area contributed by atoms with Gasteiger partial charge in [-0.25, -0.2) is 9.97 Å². The fourth-order valence-corrected chi connectivity index (χ4v) is 5.87. The third-order valence-corrected chi connectivity index (χ3v) is 7.84. The van der Waals surface area contributed by atoms with E-state index in [-0.39, 0.29) is 5.91 Å². The largest absolute Gasteiger partial charge is 0.454 e. The number of aromatic nitrogens is 2. The Morgan fingerprint density at radius 1 is 0.897 bits per heavy atom. The van der Waals surface area contributed by atoms with Gasteiger partial charge in [-0.05, 0) is 104 Å². The summed E-state index contributed by atoms with van der Waals surface area (Å²) in [6, 6.07) is 11.8. The molecule has 3 heterocycles. The molecular weight excluding hydrogens is 533 g/mol. The van der Waals surface area contributed by atoms with Gasteiger partial charge in [0.05, 0.1) is 12.4 Å². The monoisotopic (exact) mass is 567 g/mol. The van der Waals surface area contributed by atoms with Crippen molar-refractivity contribution in [3.63, 3.8) is 0 Å². The van der Waals surface area contributed by atoms with Crippen molar-refractivity contribution in [2.75, 3.05) is 37.6 Å². The van der Waals surface area contributed by atoms with Crippen LogP contribution in [0, 0.1) is 5.92 Å². The second-order valence-corrected chi connectivity index (χ2v) is 11.4. The van der Waals surface area contributed by atoms with Crippen LogP contribution in [0.5, 0.6) is 11.5 Å². The summed E-state index contributed by atoms with van der Waals surface area (Å²) in [5.41, 5.74) is 3.06. The van der Waals surface area contributed by atoms with Crippen molar-refractivity contribution in [1.29, 1.82) is 0 Å². The first-order valence-corrected chi connectivity index (χ1v) is 14.5. The number of piperidine rings is 2. The highest BCUT2D eigenvalue weighted by molar-refractivity contribution is 6.35. The molecule has 1 aromatic heterocycles. The van der Waals surface area contributed by atoms with Gasteiger partial charge in [-0.15, -0.1) is 0 Å². The number of halogens is 2. The summed E-state index contributed by atoms with van der Waals surface area (Å²) < 4.78 is 6.28. The normalized spacial score (nSPS) is 16.7. The smallest absolute Gasteiger partial charge is 0.225 e. The number of likely N-dealkylation sites (tertiary alicyclic amines) is 1. The summed E-state index contributed by atoms with van der Waals surface area (Å²) >= 11 is 12.7. The minimum atomic E-state index is 0.0365. The molecule has 1 amide bonds. The van der Waals surface area contributed by atoms with E-state index < -0.39 is 0 Å². The van der Waals surface area contributed by atoms with Crippen LogP contribution in [-0.2, 0) is 11.3 Å². The third kappa shape index (κ3) is 7.84. The van der Waals surface area contributed by atoms with Crippen molar-refractivity contribution >= 4 is 35.1 Å². The number of carbonyl (C=O) groups is 1. The molecule has 0 aliphatic carbocycles. The van der Waals surface area contributed by atoms with Crippen molar-refractivity contribution in [3.05, 3.63) is 64.4 Å². The molecule has 3 aromatic rings. The number of nitrogens with zero attached hydrogens (tertiary/aromatic N) is 4. The lowest BCUT2D eigenvalue weighted by Crippen LogP contribution is -2.37. The molecule has 2 saturated heterocycles. The number of hydrogen-bond donors (Lipinski definition) is 1. The van der Waals surface area contributed by atoms with Gasteiger partial charge in [0.25, 0.3) is 0 Å². The average molecular weight is 569 g/mol. The summed E-state index contributed by atoms with van der Waals surface area (Å²) in [4.78, 5) is 25.1. The van der Waals surface area contributed by atoms with Gasteiger partial charge in [0.15, 0.2) is 5.75 Å². The summed E-state index contributed by atoms with van der Waals surface area (Å²) in [6.07, 6.45) is 9.25. The lowest BCUT2D eigenvalue weighted by atomic mass is 9.96. The molecule has 9 heteroatoms. The Bertz CT molecular complexity index is 1250. The summed E-state index contributed by atoms with van der Waals surface area (Å²) in [6.45, 7) is 7.10. The molecule has 39 heavy (non-hydrogen) atoms. The number of rotatable bonds is 8. The zero-order valence-electron chi connectivity index (χ0n) is 22.3. The molecule has 206 valence electrons. The fraction of sp³-hybridized carbons (Fsp3) is 0.433. The van der Waals surface area contributed by atoms with Crippen molar-refractivity contribution in [2.24, 2.45) is 5.92 Å². The number of benzene rings is 2. The van der Waals surface area contributed by atoms with E-state index in [0.29, 0.717) is 27.5 Å². The van der Waals surface area contributed by atoms with E-state index in [1.807, 2.05) is 18.2 Å². The van der Waals surface area contributed by atoms with Gasteiger partial charge < -0.3 is 15.0 Å². The number of ether oxygens (including phenoxy) is 1. The number of anilines is 1. The number of carbonyl (C=O) groups excluding carboxylic acids is 1. The molecular formula is C30H35Cl2N5O2. The Labute approximate surface area is 240 Å². The SMILES string of the molecule is CC(=O)NCC1CCN(Cc2cc(Oc3cnc(N4CCCCC4)nc3)cc(-c3cc(Cl)cc(Cl)c3)c2)CC1. The van der Waals surface area contributed by atoms with E-state index in [1.54, 1.807) is 25.4 Å². The highest BCUT2D eigenvalue weighted by Gasteiger charge is 2.20. The highest BCUT2D eigenvalue weighted by atomic mass is 35.5. The van der Waals surface area contributed by atoms with E-state index in [4.69, 9.17) is 27.9 Å². The third-order valence-electron chi connectivity index (χ3n) is 7.40. The molecule has 2 fully saturated rings. The molecule has 7 nitrogen and oxygen atoms in total. The van der Waals surface area contributed by atoms with Crippen LogP contribution in [0.4, 0.5) is 5.95 Å². The second-order valence-electron chi connectivity index (χ2n) is 10.5. The van der Waals surface area contributed by atoms with Crippen molar-refractivity contribution < 1.29 is 9.53 Å². The van der Waals surface area contributed by atoms with Crippen LogP contribution in [0.3, 0.4) is 0 Å². The van der Waals surface area contributed by atoms with Crippen molar-refractivity contribution in [2.45, 2.75) is 45.6 Å². The Morgan fingerprint density at radius 2 is 1.56 bits per heavy atom. The zero-order valence-corrected chi connectivity index (χ0v) is 23.8. The Balaban J connectivity index is 1.33. The van der Waals surface area contributed by atoms with Gasteiger partial charge in [0, 0.05) is 43.1 Å². The number of nitrogens with one attached hydrogen (secondary N) is 1. The molecule has 2 aliphatic heterocycles. The predicted octanol–water partition coefficient (Wildman–Crippen LogP) is 6.58. The van der Waals surface area contributed by atoms with Gasteiger partial charge in [0.2, 0.25) is 11.9 Å². The van der Waals surface area contributed by atoms with Crippen molar-refractivity contribution in [3.8, 4) is 22.6 Å². The zero-order chi connectivity index (χ0) is 27.2. The van der Waals surface area contributed by atoms with Crippen LogP contribution >= 0.6 is 23.2 Å². The van der Waals surface area contributed by atoms with Crippen molar-refractivity contribution in [1.82, 2.24) is 20.2 Å². The lowest BCUT2D eigenvalue weighted by Gasteiger charge is -2.32. The van der Waals surface area contributed by atoms with Crippen LogP contribution in [0.2, 0.25) is 10.0 Å².